The van der Waals surface area contributed by atoms with Gasteiger partial charge in [-0.25, -0.2) is 9.67 Å². The van der Waals surface area contributed by atoms with Gasteiger partial charge < -0.3 is 4.74 Å². The predicted octanol–water partition coefficient (Wildman–Crippen LogP) is 3.51. The first-order valence-corrected chi connectivity index (χ1v) is 10.5. The Morgan fingerprint density at radius 1 is 1.39 bits per heavy atom. The van der Waals surface area contributed by atoms with E-state index in [2.05, 4.69) is 45.7 Å². The Balaban J connectivity index is 2.00. The van der Waals surface area contributed by atoms with Crippen molar-refractivity contribution in [3.05, 3.63) is 22.9 Å². The lowest BCUT2D eigenvalue weighted by molar-refractivity contribution is 0.0810. The molecule has 0 fully saturated rings. The van der Waals surface area contributed by atoms with E-state index in [0.29, 0.717) is 6.73 Å². The number of rotatable bonds is 5. The molecule has 2 aromatic heterocycles. The van der Waals surface area contributed by atoms with Gasteiger partial charge >= 0.3 is 0 Å². The van der Waals surface area contributed by atoms with Gasteiger partial charge in [-0.15, -0.1) is 0 Å². The minimum absolute atomic E-state index is 0.462. The molecule has 98 valence electrons. The smallest absolute Gasteiger partial charge is 0.161 e. The topological polar surface area (TPSA) is 39.9 Å². The number of hydrogen-bond donors (Lipinski definition) is 0. The molecule has 0 unspecified atom stereocenters. The van der Waals surface area contributed by atoms with Crippen molar-refractivity contribution < 1.29 is 4.74 Å². The molecule has 0 N–H and O–H groups in total. The molecule has 0 aliphatic heterocycles. The van der Waals surface area contributed by atoms with Crippen LogP contribution in [0.2, 0.25) is 25.7 Å². The Morgan fingerprint density at radius 2 is 2.17 bits per heavy atom. The van der Waals surface area contributed by atoms with Gasteiger partial charge in [0.2, 0.25) is 0 Å². The number of nitrogens with zero attached hydrogens (tertiary/aromatic N) is 3. The number of hydrogen-bond acceptors (Lipinski definition) is 3. The van der Waals surface area contributed by atoms with Gasteiger partial charge in [0.25, 0.3) is 0 Å². The summed E-state index contributed by atoms with van der Waals surface area (Å²) in [5.41, 5.74) is 0.859. The van der Waals surface area contributed by atoms with Crippen LogP contribution in [-0.4, -0.2) is 29.4 Å². The first-order chi connectivity index (χ1) is 8.47. The number of fused-ring (bicyclic) bond motifs is 1. The summed E-state index contributed by atoms with van der Waals surface area (Å²) in [6.45, 7) is 8.29. The average molecular weight is 328 g/mol. The van der Waals surface area contributed by atoms with E-state index in [-0.39, 0.29) is 0 Å². The Labute approximate surface area is 116 Å². The third-order valence-electron chi connectivity index (χ3n) is 2.67. The van der Waals surface area contributed by atoms with E-state index in [1.165, 1.54) is 6.04 Å². The van der Waals surface area contributed by atoms with Crippen LogP contribution in [0.5, 0.6) is 0 Å². The lowest BCUT2D eigenvalue weighted by atomic mass is 10.4. The van der Waals surface area contributed by atoms with E-state index >= 15 is 0 Å². The van der Waals surface area contributed by atoms with Crippen molar-refractivity contribution in [2.75, 3.05) is 6.61 Å². The van der Waals surface area contributed by atoms with Gasteiger partial charge in [0.05, 0.1) is 5.39 Å². The molecule has 0 aliphatic carbocycles. The molecular formula is C12H18BrN3OSi. The molecule has 2 aromatic rings. The molecule has 4 nitrogen and oxygen atoms in total. The van der Waals surface area contributed by atoms with Crippen LogP contribution in [0.4, 0.5) is 0 Å². The maximum Gasteiger partial charge on any atom is 0.161 e. The van der Waals surface area contributed by atoms with Gasteiger partial charge in [-0.1, -0.05) is 19.6 Å². The second-order valence-electron chi connectivity index (χ2n) is 5.51. The molecule has 0 bridgehead atoms. The van der Waals surface area contributed by atoms with Crippen LogP contribution in [-0.2, 0) is 11.5 Å². The third kappa shape index (κ3) is 3.40. The number of aromatic nitrogens is 3. The summed E-state index contributed by atoms with van der Waals surface area (Å²) in [5.74, 6) is 0. The quantitative estimate of drug-likeness (QED) is 0.623. The predicted molar refractivity (Wildman–Crippen MR) is 79.3 cm³/mol. The van der Waals surface area contributed by atoms with Crippen molar-refractivity contribution in [1.29, 1.82) is 0 Å². The summed E-state index contributed by atoms with van der Waals surface area (Å²) in [7, 11) is -1.02. The van der Waals surface area contributed by atoms with E-state index in [4.69, 9.17) is 4.74 Å². The summed E-state index contributed by atoms with van der Waals surface area (Å²) in [4.78, 5) is 4.33. The number of halogens is 1. The summed E-state index contributed by atoms with van der Waals surface area (Å²) < 4.78 is 8.31. The molecule has 0 radical (unpaired) electrons. The largest absolute Gasteiger partial charge is 0.359 e. The maximum atomic E-state index is 5.69. The van der Waals surface area contributed by atoms with Crippen molar-refractivity contribution in [2.24, 2.45) is 0 Å². The highest BCUT2D eigenvalue weighted by Crippen LogP contribution is 2.21. The van der Waals surface area contributed by atoms with E-state index in [1.54, 1.807) is 10.9 Å². The van der Waals surface area contributed by atoms with E-state index < -0.39 is 8.07 Å². The van der Waals surface area contributed by atoms with Gasteiger partial charge in [-0.3, -0.25) is 0 Å². The second kappa shape index (κ2) is 5.50. The lowest BCUT2D eigenvalue weighted by Crippen LogP contribution is -2.22. The van der Waals surface area contributed by atoms with Gasteiger partial charge in [-0.2, -0.15) is 5.10 Å². The molecule has 6 heteroatoms. The first-order valence-electron chi connectivity index (χ1n) is 6.02. The zero-order chi connectivity index (χ0) is 13.2. The zero-order valence-electron chi connectivity index (χ0n) is 11.0. The van der Waals surface area contributed by atoms with Crippen LogP contribution in [0.25, 0.3) is 11.0 Å². The van der Waals surface area contributed by atoms with E-state index in [1.807, 2.05) is 12.1 Å². The van der Waals surface area contributed by atoms with Crippen molar-refractivity contribution in [3.63, 3.8) is 0 Å². The summed E-state index contributed by atoms with van der Waals surface area (Å²) in [6, 6.07) is 5.07. The molecule has 0 spiro atoms. The normalized spacial score (nSPS) is 12.2. The minimum Gasteiger partial charge on any atom is -0.359 e. The van der Waals surface area contributed by atoms with Crippen LogP contribution in [0.1, 0.15) is 0 Å². The van der Waals surface area contributed by atoms with Crippen LogP contribution in [0.15, 0.2) is 22.9 Å². The fourth-order valence-electron chi connectivity index (χ4n) is 1.59. The monoisotopic (exact) mass is 327 g/mol. The molecular weight excluding hydrogens is 310 g/mol. The van der Waals surface area contributed by atoms with Gasteiger partial charge in [-0.05, 0) is 34.1 Å². The fourth-order valence-corrected chi connectivity index (χ4v) is 2.85. The maximum absolute atomic E-state index is 5.69. The SMILES string of the molecule is C[Si](C)(C)CCOCn1nc(Br)c2cccnc21. The molecule has 0 aliphatic rings. The lowest BCUT2D eigenvalue weighted by Gasteiger charge is -2.15. The van der Waals surface area contributed by atoms with Crippen molar-refractivity contribution in [2.45, 2.75) is 32.4 Å². The summed E-state index contributed by atoms with van der Waals surface area (Å²) in [5, 5.41) is 5.40. The van der Waals surface area contributed by atoms with Crippen molar-refractivity contribution >= 4 is 35.0 Å². The highest BCUT2D eigenvalue weighted by Gasteiger charge is 2.13. The number of pyridine rings is 1. The Morgan fingerprint density at radius 3 is 2.89 bits per heavy atom. The van der Waals surface area contributed by atoms with Crippen molar-refractivity contribution in [3.8, 4) is 0 Å². The molecule has 2 rings (SSSR count). The molecule has 0 aromatic carbocycles. The summed E-state index contributed by atoms with van der Waals surface area (Å²) in [6.07, 6.45) is 1.77. The first kappa shape index (κ1) is 13.7. The zero-order valence-corrected chi connectivity index (χ0v) is 13.6. The van der Waals surface area contributed by atoms with Crippen LogP contribution in [0.3, 0.4) is 0 Å². The van der Waals surface area contributed by atoms with Gasteiger partial charge in [0.15, 0.2) is 5.65 Å². The second-order valence-corrected chi connectivity index (χ2v) is 11.9. The minimum atomic E-state index is -1.02. The van der Waals surface area contributed by atoms with Crippen LogP contribution in [0, 0.1) is 0 Å². The molecule has 2 heterocycles. The standard InChI is InChI=1S/C12H18BrN3OSi/c1-18(2,3)8-7-17-9-16-12-10(11(13)15-16)5-4-6-14-12/h4-6H,7-9H2,1-3H3. The van der Waals surface area contributed by atoms with Gasteiger partial charge in [0.1, 0.15) is 11.3 Å². The van der Waals surface area contributed by atoms with E-state index in [9.17, 15) is 0 Å². The average Bonchev–Trinajstić information content (AvgIpc) is 2.62. The molecule has 0 saturated heterocycles. The van der Waals surface area contributed by atoms with Gasteiger partial charge in [0, 0.05) is 20.9 Å². The Kier molecular flexibility index (Phi) is 4.19. The highest BCUT2D eigenvalue weighted by atomic mass is 79.9. The summed E-state index contributed by atoms with van der Waals surface area (Å²) >= 11 is 3.44. The fraction of sp³-hybridized carbons (Fsp3) is 0.500. The number of ether oxygens (including phenoxy) is 1. The molecule has 0 amide bonds. The van der Waals surface area contributed by atoms with Crippen LogP contribution >= 0.6 is 15.9 Å². The Bertz CT molecular complexity index is 536. The highest BCUT2D eigenvalue weighted by molar-refractivity contribution is 9.10. The van der Waals surface area contributed by atoms with Crippen molar-refractivity contribution in [1.82, 2.24) is 14.8 Å². The van der Waals surface area contributed by atoms with Crippen LogP contribution < -0.4 is 0 Å². The molecule has 0 saturated carbocycles. The third-order valence-corrected chi connectivity index (χ3v) is 4.96. The molecule has 0 atom stereocenters. The Hall–Kier alpha value is -0.723. The van der Waals surface area contributed by atoms with E-state index in [0.717, 1.165) is 22.2 Å². The molecule has 18 heavy (non-hydrogen) atoms.